The van der Waals surface area contributed by atoms with Crippen LogP contribution in [0.3, 0.4) is 0 Å². The molecule has 2 N–H and O–H groups in total. The fourth-order valence-electron chi connectivity index (χ4n) is 5.93. The summed E-state index contributed by atoms with van der Waals surface area (Å²) < 4.78 is 28.1. The summed E-state index contributed by atoms with van der Waals surface area (Å²) in [6.45, 7) is 2.03. The SMILES string of the molecule is Cn1nnnc1-c1cccc(NC(=O)N[C@@H]2CCN(CCF)C[C@@H]2C(=O)N2CCC[C@@H](Cc3ccc(F)cc3)C2)c1. The van der Waals surface area contributed by atoms with Gasteiger partial charge >= 0.3 is 6.03 Å². The first-order valence-electron chi connectivity index (χ1n) is 14.1. The van der Waals surface area contributed by atoms with E-state index in [-0.39, 0.29) is 30.2 Å². The minimum Gasteiger partial charge on any atom is -0.342 e. The molecule has 0 radical (unpaired) electrons. The monoisotopic (exact) mass is 566 g/mol. The lowest BCUT2D eigenvalue weighted by molar-refractivity contribution is -0.140. The number of likely N-dealkylation sites (tertiary alicyclic amines) is 2. The predicted octanol–water partition coefficient (Wildman–Crippen LogP) is 3.28. The number of piperidine rings is 2. The Balaban J connectivity index is 1.24. The van der Waals surface area contributed by atoms with Crippen molar-refractivity contribution in [3.8, 4) is 11.4 Å². The van der Waals surface area contributed by atoms with E-state index in [0.717, 1.165) is 30.4 Å². The fourth-order valence-corrected chi connectivity index (χ4v) is 5.93. The number of anilines is 1. The Kier molecular flexibility index (Phi) is 9.17. The van der Waals surface area contributed by atoms with Crippen LogP contribution in [0, 0.1) is 17.7 Å². The number of hydrogen-bond acceptors (Lipinski definition) is 6. The van der Waals surface area contributed by atoms with Gasteiger partial charge in [0.1, 0.15) is 12.5 Å². The average Bonchev–Trinajstić information content (AvgIpc) is 3.41. The molecule has 41 heavy (non-hydrogen) atoms. The summed E-state index contributed by atoms with van der Waals surface area (Å²) in [7, 11) is 1.74. The molecule has 3 aromatic rings. The van der Waals surface area contributed by atoms with Gasteiger partial charge in [-0.15, -0.1) is 5.10 Å². The van der Waals surface area contributed by atoms with Crippen molar-refractivity contribution in [1.29, 1.82) is 0 Å². The number of alkyl halides is 1. The summed E-state index contributed by atoms with van der Waals surface area (Å²) in [6.07, 6.45) is 3.19. The van der Waals surface area contributed by atoms with E-state index in [2.05, 4.69) is 26.2 Å². The Bertz CT molecular complexity index is 1330. The number of aromatic nitrogens is 4. The normalized spacial score (nSPS) is 21.4. The predicted molar refractivity (Wildman–Crippen MR) is 150 cm³/mol. The lowest BCUT2D eigenvalue weighted by Crippen LogP contribution is -2.58. The third-order valence-corrected chi connectivity index (χ3v) is 8.00. The maximum Gasteiger partial charge on any atom is 0.319 e. The summed E-state index contributed by atoms with van der Waals surface area (Å²) in [5.74, 6) is 0.0810. The molecule has 0 spiro atoms. The fraction of sp³-hybridized carbons (Fsp3) is 0.483. The number of benzene rings is 2. The maximum atomic E-state index is 13.9. The van der Waals surface area contributed by atoms with Gasteiger partial charge in [0.25, 0.3) is 0 Å². The van der Waals surface area contributed by atoms with Crippen molar-refractivity contribution in [3.05, 3.63) is 59.9 Å². The van der Waals surface area contributed by atoms with Gasteiger partial charge in [-0.05, 0) is 71.9 Å². The Morgan fingerprint density at radius 3 is 2.66 bits per heavy atom. The summed E-state index contributed by atoms with van der Waals surface area (Å²) in [5.41, 5.74) is 2.37. The molecule has 5 rings (SSSR count). The lowest BCUT2D eigenvalue weighted by Gasteiger charge is -2.41. The molecule has 2 fully saturated rings. The lowest BCUT2D eigenvalue weighted by atomic mass is 9.87. The van der Waals surface area contributed by atoms with Crippen LogP contribution in [0.15, 0.2) is 48.5 Å². The zero-order valence-corrected chi connectivity index (χ0v) is 23.2. The third kappa shape index (κ3) is 7.24. The van der Waals surface area contributed by atoms with Crippen molar-refractivity contribution in [2.45, 2.75) is 31.7 Å². The Morgan fingerprint density at radius 1 is 1.07 bits per heavy atom. The number of hydrogen-bond donors (Lipinski definition) is 2. The van der Waals surface area contributed by atoms with Crippen molar-refractivity contribution in [2.75, 3.05) is 44.7 Å². The van der Waals surface area contributed by atoms with Crippen LogP contribution in [0.25, 0.3) is 11.4 Å². The highest BCUT2D eigenvalue weighted by Crippen LogP contribution is 2.26. The summed E-state index contributed by atoms with van der Waals surface area (Å²) >= 11 is 0. The highest BCUT2D eigenvalue weighted by atomic mass is 19.1. The molecule has 218 valence electrons. The number of halogens is 2. The second-order valence-corrected chi connectivity index (χ2v) is 10.9. The van der Waals surface area contributed by atoms with Crippen molar-refractivity contribution in [2.24, 2.45) is 18.9 Å². The van der Waals surface area contributed by atoms with E-state index in [0.29, 0.717) is 44.1 Å². The van der Waals surface area contributed by atoms with E-state index in [4.69, 9.17) is 0 Å². The average molecular weight is 567 g/mol. The molecule has 0 saturated carbocycles. The number of carbonyl (C=O) groups is 2. The van der Waals surface area contributed by atoms with E-state index < -0.39 is 18.6 Å². The first-order chi connectivity index (χ1) is 19.9. The largest absolute Gasteiger partial charge is 0.342 e. The number of aryl methyl sites for hydroxylation is 1. The minimum absolute atomic E-state index is 0.0144. The van der Waals surface area contributed by atoms with Crippen molar-refractivity contribution >= 4 is 17.6 Å². The molecule has 0 bridgehead atoms. The minimum atomic E-state index is -0.486. The molecule has 2 saturated heterocycles. The van der Waals surface area contributed by atoms with Crippen LogP contribution < -0.4 is 10.6 Å². The zero-order valence-electron chi connectivity index (χ0n) is 23.2. The number of urea groups is 1. The molecular weight excluding hydrogens is 530 g/mol. The molecule has 2 aliphatic heterocycles. The highest BCUT2D eigenvalue weighted by Gasteiger charge is 2.38. The van der Waals surface area contributed by atoms with Crippen LogP contribution in [0.4, 0.5) is 19.3 Å². The van der Waals surface area contributed by atoms with Crippen LogP contribution >= 0.6 is 0 Å². The zero-order chi connectivity index (χ0) is 28.8. The third-order valence-electron chi connectivity index (χ3n) is 8.00. The summed E-state index contributed by atoms with van der Waals surface area (Å²) in [5, 5.41) is 17.4. The van der Waals surface area contributed by atoms with Crippen LogP contribution in [-0.2, 0) is 18.3 Å². The smallest absolute Gasteiger partial charge is 0.319 e. The van der Waals surface area contributed by atoms with Crippen LogP contribution in [0.1, 0.15) is 24.8 Å². The van der Waals surface area contributed by atoms with Gasteiger partial charge in [0.05, 0.1) is 5.92 Å². The Hall–Kier alpha value is -3.93. The Morgan fingerprint density at radius 2 is 1.90 bits per heavy atom. The molecule has 3 atom stereocenters. The van der Waals surface area contributed by atoms with Gasteiger partial charge in [0.2, 0.25) is 5.91 Å². The van der Waals surface area contributed by atoms with Crippen molar-refractivity contribution < 1.29 is 18.4 Å². The van der Waals surface area contributed by atoms with Gasteiger partial charge in [-0.25, -0.2) is 18.3 Å². The van der Waals surface area contributed by atoms with E-state index in [1.165, 1.54) is 12.1 Å². The van der Waals surface area contributed by atoms with Gasteiger partial charge in [-0.1, -0.05) is 24.3 Å². The molecule has 0 unspecified atom stereocenters. The molecular formula is C29H36F2N8O2. The maximum absolute atomic E-state index is 13.9. The van der Waals surface area contributed by atoms with Crippen LogP contribution in [-0.4, -0.2) is 87.4 Å². The van der Waals surface area contributed by atoms with E-state index in [9.17, 15) is 18.4 Å². The molecule has 0 aliphatic carbocycles. The van der Waals surface area contributed by atoms with Gasteiger partial charge in [0, 0.05) is 57.1 Å². The molecule has 1 aromatic heterocycles. The number of nitrogens with one attached hydrogen (secondary N) is 2. The second-order valence-electron chi connectivity index (χ2n) is 10.9. The van der Waals surface area contributed by atoms with Gasteiger partial charge < -0.3 is 15.5 Å². The van der Waals surface area contributed by atoms with E-state index in [1.54, 1.807) is 42.1 Å². The first-order valence-corrected chi connectivity index (χ1v) is 14.1. The quantitative estimate of drug-likeness (QED) is 0.433. The molecule has 10 nitrogen and oxygen atoms in total. The molecule has 2 aromatic carbocycles. The van der Waals surface area contributed by atoms with E-state index >= 15 is 0 Å². The number of amides is 3. The standard InChI is InChI=1S/C29H36F2N8O2/c1-37-27(34-35-36-37)22-5-2-6-24(17-22)32-29(41)33-26-11-14-38(15-12-30)19-25(26)28(40)39-13-3-4-21(18-39)16-20-7-9-23(31)10-8-20/h2,5-10,17,21,25-26H,3-4,11-16,18-19H2,1H3,(H2,32,33,41)/t21-,25-,26+/m0/s1. The van der Waals surface area contributed by atoms with Crippen LogP contribution in [0.5, 0.6) is 0 Å². The number of nitrogens with zero attached hydrogens (tertiary/aromatic N) is 6. The van der Waals surface area contributed by atoms with Gasteiger partial charge in [-0.3, -0.25) is 9.69 Å². The summed E-state index contributed by atoms with van der Waals surface area (Å²) in [6, 6.07) is 12.9. The number of carbonyl (C=O) groups excluding carboxylic acids is 2. The molecule has 3 amide bonds. The van der Waals surface area contributed by atoms with Crippen molar-refractivity contribution in [1.82, 2.24) is 35.3 Å². The van der Waals surface area contributed by atoms with Crippen LogP contribution in [0.2, 0.25) is 0 Å². The topological polar surface area (TPSA) is 108 Å². The number of rotatable bonds is 8. The molecule has 3 heterocycles. The van der Waals surface area contributed by atoms with Crippen molar-refractivity contribution in [3.63, 3.8) is 0 Å². The number of tetrazole rings is 1. The Labute approximate surface area is 238 Å². The van der Waals surface area contributed by atoms with Gasteiger partial charge in [0.15, 0.2) is 5.82 Å². The highest BCUT2D eigenvalue weighted by molar-refractivity contribution is 5.91. The summed E-state index contributed by atoms with van der Waals surface area (Å²) in [4.78, 5) is 30.8. The van der Waals surface area contributed by atoms with E-state index in [1.807, 2.05) is 15.9 Å². The second kappa shape index (κ2) is 13.2. The molecule has 2 aliphatic rings. The first kappa shape index (κ1) is 28.6. The van der Waals surface area contributed by atoms with Gasteiger partial charge in [-0.2, -0.15) is 0 Å². The molecule has 12 heteroatoms.